The summed E-state index contributed by atoms with van der Waals surface area (Å²) in [6, 6.07) is -0.874. The summed E-state index contributed by atoms with van der Waals surface area (Å²) in [7, 11) is 0. The SMILES string of the molecule is CC(=O)N[C@@H](CS)C(=O)O.[O]=[Zn]. The Morgan fingerprint density at radius 2 is 2.00 bits per heavy atom. The number of carbonyl (C=O) groups excluding carboxylic acids is 1. The second-order valence-corrected chi connectivity index (χ2v) is 2.14. The number of aliphatic carboxylic acids is 1. The molecule has 0 bridgehead atoms. The van der Waals surface area contributed by atoms with E-state index < -0.39 is 12.0 Å². The zero-order valence-corrected chi connectivity index (χ0v) is 10.5. The van der Waals surface area contributed by atoms with Gasteiger partial charge in [-0.2, -0.15) is 12.6 Å². The number of nitrogens with one attached hydrogen (secondary N) is 1. The van der Waals surface area contributed by atoms with Crippen LogP contribution in [0.5, 0.6) is 0 Å². The van der Waals surface area contributed by atoms with E-state index in [0.29, 0.717) is 0 Å². The third-order valence-electron chi connectivity index (χ3n) is 0.858. The van der Waals surface area contributed by atoms with Crippen LogP contribution in [0.3, 0.4) is 0 Å². The predicted molar refractivity (Wildman–Crippen MR) is 39.8 cm³/mol. The molecule has 1 amide bonds. The fraction of sp³-hybridized carbons (Fsp3) is 0.600. The Labute approximate surface area is 85.3 Å². The molecule has 0 saturated carbocycles. The molecule has 0 saturated heterocycles. The van der Waals surface area contributed by atoms with E-state index in [1.54, 1.807) is 0 Å². The van der Waals surface area contributed by atoms with Gasteiger partial charge in [-0.3, -0.25) is 4.79 Å². The number of carboxylic acid groups (broad SMARTS) is 1. The molecule has 0 aromatic heterocycles. The minimum absolute atomic E-state index is 0.106. The Morgan fingerprint density at radius 3 is 2.08 bits per heavy atom. The summed E-state index contributed by atoms with van der Waals surface area (Å²) in [5.41, 5.74) is 0. The van der Waals surface area contributed by atoms with Crippen LogP contribution >= 0.6 is 12.6 Å². The van der Waals surface area contributed by atoms with Crippen molar-refractivity contribution in [2.45, 2.75) is 13.0 Å². The van der Waals surface area contributed by atoms with Crippen molar-refractivity contribution in [2.24, 2.45) is 0 Å². The van der Waals surface area contributed by atoms with Gasteiger partial charge >= 0.3 is 27.8 Å². The second kappa shape index (κ2) is 8.81. The number of rotatable bonds is 3. The second-order valence-electron chi connectivity index (χ2n) is 1.77. The van der Waals surface area contributed by atoms with E-state index in [1.165, 1.54) is 6.92 Å². The zero-order chi connectivity index (χ0) is 10.1. The van der Waals surface area contributed by atoms with Gasteiger partial charge in [0.1, 0.15) is 6.04 Å². The van der Waals surface area contributed by atoms with Gasteiger partial charge in [0.15, 0.2) is 0 Å². The van der Waals surface area contributed by atoms with Crippen molar-refractivity contribution in [3.8, 4) is 0 Å². The van der Waals surface area contributed by atoms with E-state index in [0.717, 1.165) is 0 Å². The minimum atomic E-state index is -1.06. The van der Waals surface area contributed by atoms with Crippen LogP contribution in [0.25, 0.3) is 0 Å². The first-order chi connectivity index (χ1) is 5.57. The molecule has 0 radical (unpaired) electrons. The van der Waals surface area contributed by atoms with Gasteiger partial charge in [-0.15, -0.1) is 0 Å². The van der Waals surface area contributed by atoms with Crippen LogP contribution in [0, 0.1) is 0 Å². The molecule has 0 aliphatic rings. The van der Waals surface area contributed by atoms with Crippen molar-refractivity contribution in [1.82, 2.24) is 5.32 Å². The Morgan fingerprint density at radius 1 is 1.58 bits per heavy atom. The molecule has 0 rings (SSSR count). The quantitative estimate of drug-likeness (QED) is 0.457. The molecule has 5 nitrogen and oxygen atoms in total. The van der Waals surface area contributed by atoms with Gasteiger partial charge in [0, 0.05) is 12.7 Å². The Hall–Kier alpha value is -0.287. The third-order valence-corrected chi connectivity index (χ3v) is 1.22. The Balaban J connectivity index is 0. The number of carboxylic acids is 1. The molecule has 0 aliphatic heterocycles. The van der Waals surface area contributed by atoms with Gasteiger partial charge in [-0.25, -0.2) is 4.79 Å². The Bertz CT molecular complexity index is 166. The van der Waals surface area contributed by atoms with Crippen molar-refractivity contribution in [3.63, 3.8) is 0 Å². The van der Waals surface area contributed by atoms with Crippen molar-refractivity contribution in [2.75, 3.05) is 5.75 Å². The molecule has 0 unspecified atom stereocenters. The first kappa shape index (κ1) is 14.2. The molecule has 0 fully saturated rings. The van der Waals surface area contributed by atoms with Crippen LogP contribution in [0.15, 0.2) is 0 Å². The van der Waals surface area contributed by atoms with Crippen LogP contribution in [-0.2, 0) is 31.4 Å². The van der Waals surface area contributed by atoms with Crippen LogP contribution in [-0.4, -0.2) is 28.8 Å². The normalized spacial score (nSPS) is 10.7. The summed E-state index contributed by atoms with van der Waals surface area (Å²) in [5.74, 6) is -1.32. The summed E-state index contributed by atoms with van der Waals surface area (Å²) in [4.78, 5) is 20.5. The molecular weight excluding hydrogens is 236 g/mol. The first-order valence-electron chi connectivity index (χ1n) is 2.97. The average molecular weight is 245 g/mol. The van der Waals surface area contributed by atoms with Crippen LogP contribution in [0.2, 0.25) is 0 Å². The molecule has 0 heterocycles. The summed E-state index contributed by atoms with van der Waals surface area (Å²) in [6.07, 6.45) is 0. The number of hydrogen-bond acceptors (Lipinski definition) is 4. The third kappa shape index (κ3) is 7.82. The molecule has 0 spiro atoms. The van der Waals surface area contributed by atoms with E-state index in [-0.39, 0.29) is 29.9 Å². The molecule has 66 valence electrons. The average Bonchev–Trinajstić information content (AvgIpc) is 2.03. The molecule has 0 aliphatic carbocycles. The van der Waals surface area contributed by atoms with E-state index >= 15 is 0 Å². The maximum atomic E-state index is 10.3. The fourth-order valence-corrected chi connectivity index (χ4v) is 0.678. The molecule has 7 heteroatoms. The number of hydrogen-bond donors (Lipinski definition) is 3. The van der Waals surface area contributed by atoms with E-state index in [2.05, 4.69) is 17.9 Å². The number of thiol groups is 1. The standard InChI is InChI=1S/C5H9NO3S.O.Zn/c1-3(7)6-4(2-10)5(8)9;;/h4,10H,2H2,1H3,(H,6,7)(H,8,9);;/t4-;;/m0../s1. The summed E-state index contributed by atoms with van der Waals surface area (Å²) in [6.45, 7) is 1.26. The molecule has 2 N–H and O–H groups in total. The molecule has 12 heavy (non-hydrogen) atoms. The predicted octanol–water partition coefficient (Wildman–Crippen LogP) is -0.616. The van der Waals surface area contributed by atoms with Crippen LogP contribution in [0.1, 0.15) is 6.92 Å². The van der Waals surface area contributed by atoms with Crippen molar-refractivity contribution in [1.29, 1.82) is 0 Å². The summed E-state index contributed by atoms with van der Waals surface area (Å²) < 4.78 is 8.38. The Kier molecular flexibility index (Phi) is 10.5. The van der Waals surface area contributed by atoms with Crippen molar-refractivity contribution < 1.29 is 36.5 Å². The van der Waals surface area contributed by atoms with Gasteiger partial charge in [-0.05, 0) is 0 Å². The molecular formula is C5H9NO4SZn. The monoisotopic (exact) mass is 243 g/mol. The summed E-state index contributed by atoms with van der Waals surface area (Å²) in [5, 5.41) is 10.6. The van der Waals surface area contributed by atoms with Gasteiger partial charge in [-0.1, -0.05) is 0 Å². The van der Waals surface area contributed by atoms with E-state index in [1.807, 2.05) is 0 Å². The number of carbonyl (C=O) groups is 2. The van der Waals surface area contributed by atoms with E-state index in [4.69, 9.17) is 8.68 Å². The zero-order valence-electron chi connectivity index (χ0n) is 6.61. The van der Waals surface area contributed by atoms with Gasteiger partial charge in [0.25, 0.3) is 0 Å². The van der Waals surface area contributed by atoms with Crippen LogP contribution < -0.4 is 5.32 Å². The molecule has 1 atom stereocenters. The molecule has 0 aromatic rings. The van der Waals surface area contributed by atoms with Gasteiger partial charge in [0.2, 0.25) is 5.91 Å². The van der Waals surface area contributed by atoms with Crippen LogP contribution in [0.4, 0.5) is 0 Å². The first-order valence-corrected chi connectivity index (χ1v) is 4.82. The maximum absolute atomic E-state index is 10.3. The number of amides is 1. The van der Waals surface area contributed by atoms with E-state index in [9.17, 15) is 9.59 Å². The van der Waals surface area contributed by atoms with Gasteiger partial charge in [0.05, 0.1) is 0 Å². The topological polar surface area (TPSA) is 83.5 Å². The molecule has 0 aromatic carbocycles. The summed E-state index contributed by atoms with van der Waals surface area (Å²) >= 11 is 3.86. The fourth-order valence-electron chi connectivity index (χ4n) is 0.431. The van der Waals surface area contributed by atoms with Crippen molar-refractivity contribution >= 4 is 24.5 Å². The van der Waals surface area contributed by atoms with Gasteiger partial charge < -0.3 is 10.4 Å². The van der Waals surface area contributed by atoms with Crippen molar-refractivity contribution in [3.05, 3.63) is 0 Å².